The minimum absolute atomic E-state index is 0.0491. The van der Waals surface area contributed by atoms with Gasteiger partial charge in [-0.05, 0) is 36.6 Å². The molecule has 0 aliphatic carbocycles. The summed E-state index contributed by atoms with van der Waals surface area (Å²) in [7, 11) is -1.70. The fourth-order valence-electron chi connectivity index (χ4n) is 2.94. The molecule has 0 spiro atoms. The van der Waals surface area contributed by atoms with Crippen LogP contribution in [0.5, 0.6) is 5.75 Å². The number of hydrogen-bond donors (Lipinski definition) is 1. The zero-order valence-electron chi connectivity index (χ0n) is 12.4. The summed E-state index contributed by atoms with van der Waals surface area (Å²) < 4.78 is 34.0. The number of fused-ring (bicyclic) bond motifs is 1. The SMILES string of the molecule is COC1CS(=O)(=O)CC1NC(=O)c1ccc2c(c1)CCCO2. The predicted molar refractivity (Wildman–Crippen MR) is 81.0 cm³/mol. The molecule has 2 aliphatic heterocycles. The van der Waals surface area contributed by atoms with E-state index in [1.165, 1.54) is 7.11 Å². The van der Waals surface area contributed by atoms with E-state index in [4.69, 9.17) is 9.47 Å². The lowest BCUT2D eigenvalue weighted by Gasteiger charge is -2.20. The van der Waals surface area contributed by atoms with Crippen LogP contribution in [0.4, 0.5) is 0 Å². The van der Waals surface area contributed by atoms with Gasteiger partial charge in [0.2, 0.25) is 0 Å². The molecule has 1 aromatic carbocycles. The number of rotatable bonds is 3. The molecule has 120 valence electrons. The maximum Gasteiger partial charge on any atom is 0.251 e. The minimum Gasteiger partial charge on any atom is -0.493 e. The summed E-state index contributed by atoms with van der Waals surface area (Å²) in [6.45, 7) is 0.702. The third-order valence-corrected chi connectivity index (χ3v) is 5.79. The summed E-state index contributed by atoms with van der Waals surface area (Å²) in [5.74, 6) is 0.413. The number of methoxy groups -OCH3 is 1. The number of sulfone groups is 1. The highest BCUT2D eigenvalue weighted by atomic mass is 32.2. The van der Waals surface area contributed by atoms with Gasteiger partial charge in [0.05, 0.1) is 30.3 Å². The molecule has 1 aromatic rings. The van der Waals surface area contributed by atoms with Crippen molar-refractivity contribution < 1.29 is 22.7 Å². The lowest BCUT2D eigenvalue weighted by Crippen LogP contribution is -2.43. The van der Waals surface area contributed by atoms with Crippen LogP contribution in [-0.2, 0) is 21.0 Å². The van der Waals surface area contributed by atoms with Gasteiger partial charge in [0, 0.05) is 12.7 Å². The Morgan fingerprint density at radius 1 is 1.36 bits per heavy atom. The van der Waals surface area contributed by atoms with E-state index in [0.717, 1.165) is 24.2 Å². The van der Waals surface area contributed by atoms with Crippen molar-refractivity contribution in [3.8, 4) is 5.75 Å². The largest absolute Gasteiger partial charge is 0.493 e. The van der Waals surface area contributed by atoms with Gasteiger partial charge >= 0.3 is 0 Å². The number of carbonyl (C=O) groups is 1. The van der Waals surface area contributed by atoms with E-state index in [2.05, 4.69) is 5.32 Å². The lowest BCUT2D eigenvalue weighted by atomic mass is 10.0. The van der Waals surface area contributed by atoms with Gasteiger partial charge < -0.3 is 14.8 Å². The first kappa shape index (κ1) is 15.3. The van der Waals surface area contributed by atoms with Crippen molar-refractivity contribution in [1.82, 2.24) is 5.32 Å². The Hall–Kier alpha value is -1.60. The highest BCUT2D eigenvalue weighted by molar-refractivity contribution is 7.91. The van der Waals surface area contributed by atoms with Crippen LogP contribution in [0, 0.1) is 0 Å². The maximum atomic E-state index is 12.4. The van der Waals surface area contributed by atoms with Gasteiger partial charge in [-0.3, -0.25) is 4.79 Å². The standard InChI is InChI=1S/C15H19NO5S/c1-20-14-9-22(18,19)8-12(14)16-15(17)11-4-5-13-10(7-11)3-2-6-21-13/h4-5,7,12,14H,2-3,6,8-9H2,1H3,(H,16,17). The van der Waals surface area contributed by atoms with Gasteiger partial charge in [-0.2, -0.15) is 0 Å². The second kappa shape index (κ2) is 5.89. The highest BCUT2D eigenvalue weighted by Gasteiger charge is 2.38. The van der Waals surface area contributed by atoms with E-state index in [9.17, 15) is 13.2 Å². The molecule has 0 radical (unpaired) electrons. The van der Waals surface area contributed by atoms with Crippen molar-refractivity contribution in [2.75, 3.05) is 25.2 Å². The zero-order valence-corrected chi connectivity index (χ0v) is 13.2. The van der Waals surface area contributed by atoms with E-state index < -0.39 is 22.0 Å². The molecular weight excluding hydrogens is 306 g/mol. The van der Waals surface area contributed by atoms with E-state index in [1.54, 1.807) is 12.1 Å². The Labute approximate surface area is 129 Å². The first-order chi connectivity index (χ1) is 10.5. The molecule has 1 amide bonds. The Kier molecular flexibility index (Phi) is 4.10. The average Bonchev–Trinajstić information content (AvgIpc) is 2.80. The Bertz CT molecular complexity index is 685. The summed E-state index contributed by atoms with van der Waals surface area (Å²) in [6, 6.07) is 4.80. The van der Waals surface area contributed by atoms with Gasteiger partial charge in [-0.1, -0.05) is 0 Å². The van der Waals surface area contributed by atoms with Gasteiger partial charge in [-0.25, -0.2) is 8.42 Å². The molecule has 0 saturated carbocycles. The number of nitrogens with one attached hydrogen (secondary N) is 1. The number of benzene rings is 1. The highest BCUT2D eigenvalue weighted by Crippen LogP contribution is 2.25. The Morgan fingerprint density at radius 2 is 2.18 bits per heavy atom. The molecule has 7 heteroatoms. The molecule has 2 aliphatic rings. The van der Waals surface area contributed by atoms with Crippen LogP contribution >= 0.6 is 0 Å². The fourth-order valence-corrected chi connectivity index (χ4v) is 4.79. The molecule has 3 rings (SSSR count). The molecule has 1 fully saturated rings. The predicted octanol–water partition coefficient (Wildman–Crippen LogP) is 0.553. The van der Waals surface area contributed by atoms with Gasteiger partial charge in [-0.15, -0.1) is 0 Å². The summed E-state index contributed by atoms with van der Waals surface area (Å²) in [5.41, 5.74) is 1.53. The third-order valence-electron chi connectivity index (χ3n) is 4.09. The van der Waals surface area contributed by atoms with Gasteiger partial charge in [0.1, 0.15) is 5.75 Å². The Morgan fingerprint density at radius 3 is 2.95 bits per heavy atom. The Balaban J connectivity index is 1.74. The third kappa shape index (κ3) is 3.10. The molecule has 2 unspecified atom stereocenters. The number of aryl methyl sites for hydroxylation is 1. The molecule has 6 nitrogen and oxygen atoms in total. The van der Waals surface area contributed by atoms with Crippen LogP contribution in [0.3, 0.4) is 0 Å². The van der Waals surface area contributed by atoms with Crippen molar-refractivity contribution in [3.05, 3.63) is 29.3 Å². The normalized spacial score (nSPS) is 26.0. The average molecular weight is 325 g/mol. The summed E-state index contributed by atoms with van der Waals surface area (Å²) in [5, 5.41) is 2.77. The monoisotopic (exact) mass is 325 g/mol. The maximum absolute atomic E-state index is 12.4. The van der Waals surface area contributed by atoms with Crippen LogP contribution in [-0.4, -0.2) is 51.7 Å². The number of carbonyl (C=O) groups excluding carboxylic acids is 1. The van der Waals surface area contributed by atoms with Gasteiger partial charge in [0.25, 0.3) is 5.91 Å². The van der Waals surface area contributed by atoms with Crippen molar-refractivity contribution in [1.29, 1.82) is 0 Å². The number of hydrogen-bond acceptors (Lipinski definition) is 5. The minimum atomic E-state index is -3.16. The molecule has 1 N–H and O–H groups in total. The first-order valence-corrected chi connectivity index (χ1v) is 9.10. The molecule has 2 atom stereocenters. The lowest BCUT2D eigenvalue weighted by molar-refractivity contribution is 0.0786. The molecule has 1 saturated heterocycles. The number of amides is 1. The molecule has 0 bridgehead atoms. The summed E-state index contributed by atoms with van der Waals surface area (Å²) in [6.07, 6.45) is 1.33. The van der Waals surface area contributed by atoms with E-state index in [0.29, 0.717) is 12.2 Å². The zero-order chi connectivity index (χ0) is 15.7. The van der Waals surface area contributed by atoms with Crippen LogP contribution in [0.1, 0.15) is 22.3 Å². The van der Waals surface area contributed by atoms with Crippen molar-refractivity contribution in [3.63, 3.8) is 0 Å². The van der Waals surface area contributed by atoms with Crippen LogP contribution in [0.25, 0.3) is 0 Å². The van der Waals surface area contributed by atoms with Crippen LogP contribution in [0.2, 0.25) is 0 Å². The molecule has 0 aromatic heterocycles. The fraction of sp³-hybridized carbons (Fsp3) is 0.533. The summed E-state index contributed by atoms with van der Waals surface area (Å²) in [4.78, 5) is 12.4. The van der Waals surface area contributed by atoms with Crippen LogP contribution in [0.15, 0.2) is 18.2 Å². The second-order valence-corrected chi connectivity index (χ2v) is 7.86. The second-order valence-electron chi connectivity index (χ2n) is 5.71. The smallest absolute Gasteiger partial charge is 0.251 e. The van der Waals surface area contributed by atoms with E-state index in [1.807, 2.05) is 6.07 Å². The van der Waals surface area contributed by atoms with Gasteiger partial charge in [0.15, 0.2) is 9.84 Å². The van der Waals surface area contributed by atoms with Crippen molar-refractivity contribution >= 4 is 15.7 Å². The summed E-state index contributed by atoms with van der Waals surface area (Å²) >= 11 is 0. The van der Waals surface area contributed by atoms with Crippen molar-refractivity contribution in [2.24, 2.45) is 0 Å². The van der Waals surface area contributed by atoms with E-state index in [-0.39, 0.29) is 17.4 Å². The van der Waals surface area contributed by atoms with Crippen molar-refractivity contribution in [2.45, 2.75) is 25.0 Å². The van der Waals surface area contributed by atoms with Crippen LogP contribution < -0.4 is 10.1 Å². The number of ether oxygens (including phenoxy) is 2. The molecular formula is C15H19NO5S. The topological polar surface area (TPSA) is 81.7 Å². The molecule has 22 heavy (non-hydrogen) atoms. The first-order valence-electron chi connectivity index (χ1n) is 7.28. The quantitative estimate of drug-likeness (QED) is 0.878. The molecule has 2 heterocycles. The van der Waals surface area contributed by atoms with E-state index >= 15 is 0 Å².